The molecule has 0 heterocycles. The third kappa shape index (κ3) is 3.64. The predicted molar refractivity (Wildman–Crippen MR) is 77.8 cm³/mol. The monoisotopic (exact) mass is 290 g/mol. The number of carbonyl (C=O) groups excluding carboxylic acids is 1. The number of nitrogens with two attached hydrogens (primary N) is 1. The summed E-state index contributed by atoms with van der Waals surface area (Å²) in [6.07, 6.45) is 0.293. The van der Waals surface area contributed by atoms with Gasteiger partial charge >= 0.3 is 0 Å². The van der Waals surface area contributed by atoms with Gasteiger partial charge in [0.05, 0.1) is 6.04 Å². The van der Waals surface area contributed by atoms with Gasteiger partial charge in [-0.1, -0.05) is 36.4 Å². The first-order valence-corrected chi connectivity index (χ1v) is 6.54. The number of amides is 1. The van der Waals surface area contributed by atoms with E-state index in [-0.39, 0.29) is 5.56 Å². The molecule has 3 nitrogen and oxygen atoms in total. The Morgan fingerprint density at radius 2 is 1.86 bits per heavy atom. The summed E-state index contributed by atoms with van der Waals surface area (Å²) in [5.41, 5.74) is 6.46. The normalized spacial score (nSPS) is 12.0. The molecule has 5 heteroatoms. The molecule has 0 saturated heterocycles. The lowest BCUT2D eigenvalue weighted by atomic mass is 10.1. The first-order valence-electron chi connectivity index (χ1n) is 6.54. The van der Waals surface area contributed by atoms with Crippen molar-refractivity contribution in [3.8, 4) is 0 Å². The molecule has 3 N–H and O–H groups in total. The highest BCUT2D eigenvalue weighted by Gasteiger charge is 2.19. The molecule has 0 unspecified atom stereocenters. The van der Waals surface area contributed by atoms with Gasteiger partial charge < -0.3 is 11.1 Å². The van der Waals surface area contributed by atoms with Gasteiger partial charge in [-0.05, 0) is 30.5 Å². The molecule has 2 aromatic rings. The summed E-state index contributed by atoms with van der Waals surface area (Å²) in [5.74, 6) is -2.23. The molecule has 2 aromatic carbocycles. The largest absolute Gasteiger partial charge is 0.320 e. The van der Waals surface area contributed by atoms with Gasteiger partial charge in [0.25, 0.3) is 0 Å². The highest BCUT2D eigenvalue weighted by molar-refractivity contribution is 5.95. The summed E-state index contributed by atoms with van der Waals surface area (Å²) >= 11 is 0. The first-order chi connectivity index (χ1) is 9.99. The molecule has 0 spiro atoms. The van der Waals surface area contributed by atoms with Crippen LogP contribution in [-0.4, -0.2) is 11.9 Å². The van der Waals surface area contributed by atoms with Crippen LogP contribution in [0.2, 0.25) is 0 Å². The van der Waals surface area contributed by atoms with E-state index in [1.165, 1.54) is 13.0 Å². The molecular formula is C16H16F2N2O. The van der Waals surface area contributed by atoms with E-state index in [4.69, 9.17) is 5.73 Å². The number of nitrogens with one attached hydrogen (secondary N) is 1. The Kier molecular flexibility index (Phi) is 4.65. The first kappa shape index (κ1) is 15.1. The van der Waals surface area contributed by atoms with Crippen LogP contribution in [0.1, 0.15) is 11.1 Å². The second-order valence-corrected chi connectivity index (χ2v) is 4.84. The molecule has 110 valence electrons. The SMILES string of the molecule is Cc1ccc(F)c(NC(=O)[C@@H](N)Cc2ccccc2)c1F. The Labute approximate surface area is 121 Å². The zero-order chi connectivity index (χ0) is 15.4. The second kappa shape index (κ2) is 6.45. The quantitative estimate of drug-likeness (QED) is 0.909. The van der Waals surface area contributed by atoms with Crippen molar-refractivity contribution in [2.75, 3.05) is 5.32 Å². The van der Waals surface area contributed by atoms with Gasteiger partial charge in [-0.2, -0.15) is 0 Å². The molecular weight excluding hydrogens is 274 g/mol. The highest BCUT2D eigenvalue weighted by atomic mass is 19.1. The zero-order valence-corrected chi connectivity index (χ0v) is 11.6. The number of halogens is 2. The fourth-order valence-corrected chi connectivity index (χ4v) is 1.95. The molecule has 0 radical (unpaired) electrons. The molecule has 2 rings (SSSR count). The maximum atomic E-state index is 13.8. The van der Waals surface area contributed by atoms with Gasteiger partial charge in [0.1, 0.15) is 11.5 Å². The minimum Gasteiger partial charge on any atom is -0.320 e. The number of hydrogen-bond acceptors (Lipinski definition) is 2. The third-order valence-corrected chi connectivity index (χ3v) is 3.17. The Hall–Kier alpha value is -2.27. The van der Waals surface area contributed by atoms with E-state index in [1.807, 2.05) is 30.3 Å². The molecule has 0 saturated carbocycles. The molecule has 0 aliphatic carbocycles. The van der Waals surface area contributed by atoms with E-state index in [2.05, 4.69) is 5.32 Å². The van der Waals surface area contributed by atoms with E-state index in [1.54, 1.807) is 0 Å². The van der Waals surface area contributed by atoms with E-state index >= 15 is 0 Å². The van der Waals surface area contributed by atoms with Crippen LogP contribution >= 0.6 is 0 Å². The van der Waals surface area contributed by atoms with Gasteiger partial charge in [0, 0.05) is 0 Å². The topological polar surface area (TPSA) is 55.1 Å². The van der Waals surface area contributed by atoms with Crippen LogP contribution in [0.5, 0.6) is 0 Å². The average Bonchev–Trinajstić information content (AvgIpc) is 2.48. The van der Waals surface area contributed by atoms with Gasteiger partial charge in [-0.15, -0.1) is 0 Å². The highest BCUT2D eigenvalue weighted by Crippen LogP contribution is 2.21. The minimum absolute atomic E-state index is 0.253. The van der Waals surface area contributed by atoms with Gasteiger partial charge in [-0.3, -0.25) is 4.79 Å². The van der Waals surface area contributed by atoms with Gasteiger partial charge in [0.2, 0.25) is 5.91 Å². The Morgan fingerprint density at radius 3 is 2.52 bits per heavy atom. The Morgan fingerprint density at radius 1 is 1.19 bits per heavy atom. The number of benzene rings is 2. The van der Waals surface area contributed by atoms with E-state index < -0.39 is 29.3 Å². The van der Waals surface area contributed by atoms with Gasteiger partial charge in [-0.25, -0.2) is 8.78 Å². The fraction of sp³-hybridized carbons (Fsp3) is 0.188. The van der Waals surface area contributed by atoms with Gasteiger partial charge in [0.15, 0.2) is 5.82 Å². The molecule has 21 heavy (non-hydrogen) atoms. The van der Waals surface area contributed by atoms with Crippen molar-refractivity contribution in [2.24, 2.45) is 5.73 Å². The number of rotatable bonds is 4. The van der Waals surface area contributed by atoms with Crippen molar-refractivity contribution in [1.29, 1.82) is 0 Å². The van der Waals surface area contributed by atoms with Crippen LogP contribution in [0, 0.1) is 18.6 Å². The summed E-state index contributed by atoms with van der Waals surface area (Å²) in [4.78, 5) is 12.0. The standard InChI is InChI=1S/C16H16F2N2O/c1-10-7-8-12(17)15(14(10)18)20-16(21)13(19)9-11-5-3-2-4-6-11/h2-8,13H,9,19H2,1H3,(H,20,21)/t13-/m0/s1. The Bertz CT molecular complexity index is 644. The molecule has 1 amide bonds. The fourth-order valence-electron chi connectivity index (χ4n) is 1.95. The minimum atomic E-state index is -0.883. The second-order valence-electron chi connectivity index (χ2n) is 4.84. The number of hydrogen-bond donors (Lipinski definition) is 2. The van der Waals surface area contributed by atoms with Crippen LogP contribution in [-0.2, 0) is 11.2 Å². The summed E-state index contributed by atoms with van der Waals surface area (Å²) < 4.78 is 27.4. The maximum absolute atomic E-state index is 13.8. The van der Waals surface area contributed by atoms with Crippen molar-refractivity contribution < 1.29 is 13.6 Å². The zero-order valence-electron chi connectivity index (χ0n) is 11.6. The average molecular weight is 290 g/mol. The van der Waals surface area contributed by atoms with Crippen LogP contribution in [0.4, 0.5) is 14.5 Å². The smallest absolute Gasteiger partial charge is 0.241 e. The van der Waals surface area contributed by atoms with E-state index in [0.717, 1.165) is 11.6 Å². The third-order valence-electron chi connectivity index (χ3n) is 3.17. The molecule has 1 atom stereocenters. The number of carbonyl (C=O) groups is 1. The molecule has 0 aliphatic heterocycles. The summed E-state index contributed by atoms with van der Waals surface area (Å²) in [5, 5.41) is 2.23. The lowest BCUT2D eigenvalue weighted by Crippen LogP contribution is -2.37. The van der Waals surface area contributed by atoms with Crippen LogP contribution in [0.15, 0.2) is 42.5 Å². The van der Waals surface area contributed by atoms with Crippen LogP contribution in [0.3, 0.4) is 0 Å². The molecule has 0 aliphatic rings. The maximum Gasteiger partial charge on any atom is 0.241 e. The van der Waals surface area contributed by atoms with Crippen molar-refractivity contribution in [3.63, 3.8) is 0 Å². The van der Waals surface area contributed by atoms with Crippen molar-refractivity contribution in [2.45, 2.75) is 19.4 Å². The van der Waals surface area contributed by atoms with Crippen molar-refractivity contribution in [3.05, 3.63) is 65.2 Å². The summed E-state index contributed by atoms with van der Waals surface area (Å²) in [6, 6.07) is 10.7. The Balaban J connectivity index is 2.10. The van der Waals surface area contributed by atoms with Crippen LogP contribution < -0.4 is 11.1 Å². The summed E-state index contributed by atoms with van der Waals surface area (Å²) in [7, 11) is 0. The predicted octanol–water partition coefficient (Wildman–Crippen LogP) is 2.78. The van der Waals surface area contributed by atoms with Crippen molar-refractivity contribution in [1.82, 2.24) is 0 Å². The lowest BCUT2D eigenvalue weighted by Gasteiger charge is -2.14. The van der Waals surface area contributed by atoms with E-state index in [9.17, 15) is 13.6 Å². The number of aryl methyl sites for hydroxylation is 1. The molecule has 0 aromatic heterocycles. The van der Waals surface area contributed by atoms with Crippen LogP contribution in [0.25, 0.3) is 0 Å². The number of anilines is 1. The van der Waals surface area contributed by atoms with E-state index in [0.29, 0.717) is 6.42 Å². The lowest BCUT2D eigenvalue weighted by molar-refractivity contribution is -0.117. The molecule has 0 fully saturated rings. The molecule has 0 bridgehead atoms. The van der Waals surface area contributed by atoms with Crippen molar-refractivity contribution >= 4 is 11.6 Å². The summed E-state index contributed by atoms with van der Waals surface area (Å²) in [6.45, 7) is 1.49.